The van der Waals surface area contributed by atoms with Crippen LogP contribution in [0.25, 0.3) is 10.2 Å². The molecule has 0 unspecified atom stereocenters. The van der Waals surface area contributed by atoms with E-state index in [0.717, 1.165) is 4.70 Å². The van der Waals surface area contributed by atoms with E-state index in [2.05, 4.69) is 10.3 Å². The molecule has 21 heavy (non-hydrogen) atoms. The molecule has 0 saturated heterocycles. The normalized spacial score (nSPS) is 10.8. The third-order valence-electron chi connectivity index (χ3n) is 2.83. The van der Waals surface area contributed by atoms with E-state index in [0.29, 0.717) is 15.7 Å². The Labute approximate surface area is 127 Å². The SMILES string of the molecule is O=C(O)c1cccc(F)c1Nc1nc2ccc(Cl)cc2s1. The summed E-state index contributed by atoms with van der Waals surface area (Å²) in [6.45, 7) is 0. The first-order valence-electron chi connectivity index (χ1n) is 5.89. The number of nitrogens with one attached hydrogen (secondary N) is 1. The molecule has 4 nitrogen and oxygen atoms in total. The van der Waals surface area contributed by atoms with E-state index in [1.54, 1.807) is 18.2 Å². The fourth-order valence-electron chi connectivity index (χ4n) is 1.89. The number of fused-ring (bicyclic) bond motifs is 1. The highest BCUT2D eigenvalue weighted by molar-refractivity contribution is 7.22. The maximum atomic E-state index is 13.8. The molecule has 0 fully saturated rings. The number of hydrogen-bond donors (Lipinski definition) is 2. The number of para-hydroxylation sites is 1. The van der Waals surface area contributed by atoms with Crippen molar-refractivity contribution in [2.75, 3.05) is 5.32 Å². The van der Waals surface area contributed by atoms with Crippen molar-refractivity contribution in [1.82, 2.24) is 4.98 Å². The Morgan fingerprint density at radius 2 is 2.14 bits per heavy atom. The van der Waals surface area contributed by atoms with Crippen molar-refractivity contribution in [2.24, 2.45) is 0 Å². The summed E-state index contributed by atoms with van der Waals surface area (Å²) in [6.07, 6.45) is 0. The second-order valence-corrected chi connectivity index (χ2v) is 5.69. The minimum atomic E-state index is -1.21. The Hall–Kier alpha value is -2.18. The molecule has 2 aromatic carbocycles. The van der Waals surface area contributed by atoms with Crippen molar-refractivity contribution in [3.63, 3.8) is 0 Å². The zero-order valence-electron chi connectivity index (χ0n) is 10.4. The summed E-state index contributed by atoms with van der Waals surface area (Å²) in [5.41, 5.74) is 0.461. The Balaban J connectivity index is 2.04. The average molecular weight is 323 g/mol. The van der Waals surface area contributed by atoms with E-state index in [-0.39, 0.29) is 11.3 Å². The second-order valence-electron chi connectivity index (χ2n) is 4.22. The Morgan fingerprint density at radius 1 is 1.33 bits per heavy atom. The van der Waals surface area contributed by atoms with Crippen LogP contribution in [-0.2, 0) is 0 Å². The van der Waals surface area contributed by atoms with Crippen molar-refractivity contribution in [3.8, 4) is 0 Å². The Morgan fingerprint density at radius 3 is 2.90 bits per heavy atom. The molecule has 1 heterocycles. The molecule has 1 aromatic heterocycles. The van der Waals surface area contributed by atoms with Gasteiger partial charge in [-0.25, -0.2) is 14.2 Å². The summed E-state index contributed by atoms with van der Waals surface area (Å²) in [6, 6.07) is 9.08. The average Bonchev–Trinajstić information content (AvgIpc) is 2.82. The highest BCUT2D eigenvalue weighted by Crippen LogP contribution is 2.32. The monoisotopic (exact) mass is 322 g/mol. The number of aromatic carboxylic acids is 1. The zero-order valence-corrected chi connectivity index (χ0v) is 12.0. The van der Waals surface area contributed by atoms with E-state index < -0.39 is 11.8 Å². The summed E-state index contributed by atoms with van der Waals surface area (Å²) in [4.78, 5) is 15.4. The van der Waals surface area contributed by atoms with Crippen LogP contribution in [0.15, 0.2) is 36.4 Å². The van der Waals surface area contributed by atoms with E-state index in [9.17, 15) is 9.18 Å². The molecule has 0 saturated carbocycles. The molecule has 0 bridgehead atoms. The number of rotatable bonds is 3. The predicted molar refractivity (Wildman–Crippen MR) is 81.3 cm³/mol. The molecule has 0 aliphatic carbocycles. The van der Waals surface area contributed by atoms with Gasteiger partial charge in [0.15, 0.2) is 5.13 Å². The Bertz CT molecular complexity index is 850. The van der Waals surface area contributed by atoms with E-state index in [1.165, 1.54) is 29.5 Å². The van der Waals surface area contributed by atoms with E-state index in [4.69, 9.17) is 16.7 Å². The summed E-state index contributed by atoms with van der Waals surface area (Å²) in [5.74, 6) is -1.85. The van der Waals surface area contributed by atoms with Crippen molar-refractivity contribution in [3.05, 3.63) is 52.8 Å². The van der Waals surface area contributed by atoms with Gasteiger partial charge >= 0.3 is 5.97 Å². The largest absolute Gasteiger partial charge is 0.478 e. The number of carboxylic acids is 1. The fourth-order valence-corrected chi connectivity index (χ4v) is 3.03. The zero-order chi connectivity index (χ0) is 15.0. The molecule has 7 heteroatoms. The molecule has 0 aliphatic rings. The number of nitrogens with zero attached hydrogens (tertiary/aromatic N) is 1. The van der Waals surface area contributed by atoms with Crippen LogP contribution in [0.5, 0.6) is 0 Å². The molecular weight excluding hydrogens is 315 g/mol. The third kappa shape index (κ3) is 2.68. The topological polar surface area (TPSA) is 62.2 Å². The van der Waals surface area contributed by atoms with Crippen molar-refractivity contribution in [2.45, 2.75) is 0 Å². The maximum absolute atomic E-state index is 13.8. The number of benzene rings is 2. The Kier molecular flexibility index (Phi) is 3.48. The first kappa shape index (κ1) is 13.8. The summed E-state index contributed by atoms with van der Waals surface area (Å²) >= 11 is 7.17. The maximum Gasteiger partial charge on any atom is 0.337 e. The lowest BCUT2D eigenvalue weighted by Crippen LogP contribution is -2.04. The van der Waals surface area contributed by atoms with Gasteiger partial charge < -0.3 is 10.4 Å². The number of carboxylic acid groups (broad SMARTS) is 1. The van der Waals surface area contributed by atoms with Crippen molar-refractivity contribution < 1.29 is 14.3 Å². The standard InChI is InChI=1S/C14H8ClFN2O2S/c15-7-4-5-10-11(6-7)21-14(17-10)18-12-8(13(19)20)2-1-3-9(12)16/h1-6H,(H,17,18)(H,19,20). The predicted octanol–water partition coefficient (Wildman–Crippen LogP) is 4.53. The lowest BCUT2D eigenvalue weighted by molar-refractivity contribution is 0.0697. The highest BCUT2D eigenvalue weighted by atomic mass is 35.5. The van der Waals surface area contributed by atoms with E-state index in [1.807, 2.05) is 0 Å². The lowest BCUT2D eigenvalue weighted by atomic mass is 10.1. The van der Waals surface area contributed by atoms with Crippen LogP contribution in [0.2, 0.25) is 5.02 Å². The van der Waals surface area contributed by atoms with Crippen LogP contribution in [0.4, 0.5) is 15.2 Å². The first-order chi connectivity index (χ1) is 10.0. The minimum Gasteiger partial charge on any atom is -0.478 e. The first-order valence-corrected chi connectivity index (χ1v) is 7.09. The van der Waals surface area contributed by atoms with Gasteiger partial charge in [-0.1, -0.05) is 29.0 Å². The van der Waals surface area contributed by atoms with Gasteiger partial charge in [0, 0.05) is 5.02 Å². The number of thiazole rings is 1. The van der Waals surface area contributed by atoms with Gasteiger partial charge in [-0.15, -0.1) is 0 Å². The molecule has 0 spiro atoms. The number of anilines is 2. The smallest absolute Gasteiger partial charge is 0.337 e. The van der Waals surface area contributed by atoms with Crippen molar-refractivity contribution >= 4 is 49.9 Å². The highest BCUT2D eigenvalue weighted by Gasteiger charge is 2.16. The molecule has 0 atom stereocenters. The van der Waals surface area contributed by atoms with Crippen molar-refractivity contribution in [1.29, 1.82) is 0 Å². The second kappa shape index (κ2) is 5.31. The van der Waals surface area contributed by atoms with Crippen LogP contribution in [0, 0.1) is 5.82 Å². The molecule has 0 radical (unpaired) electrons. The van der Waals surface area contributed by atoms with Crippen LogP contribution in [0.3, 0.4) is 0 Å². The third-order valence-corrected chi connectivity index (χ3v) is 4.00. The van der Waals surface area contributed by atoms with Gasteiger partial charge in [0.2, 0.25) is 0 Å². The molecule has 3 rings (SSSR count). The van der Waals surface area contributed by atoms with Gasteiger partial charge in [0.05, 0.1) is 21.5 Å². The number of hydrogen-bond acceptors (Lipinski definition) is 4. The molecule has 0 amide bonds. The number of halogens is 2. The minimum absolute atomic E-state index is 0.102. The van der Waals surface area contributed by atoms with Gasteiger partial charge in [-0.2, -0.15) is 0 Å². The van der Waals surface area contributed by atoms with Gasteiger partial charge in [0.25, 0.3) is 0 Å². The summed E-state index contributed by atoms with van der Waals surface area (Å²) < 4.78 is 14.7. The van der Waals surface area contributed by atoms with Gasteiger partial charge in [0.1, 0.15) is 5.82 Å². The molecule has 2 N–H and O–H groups in total. The van der Waals surface area contributed by atoms with Gasteiger partial charge in [-0.05, 0) is 30.3 Å². The molecular formula is C14H8ClFN2O2S. The summed E-state index contributed by atoms with van der Waals surface area (Å²) in [5, 5.41) is 12.8. The molecule has 106 valence electrons. The van der Waals surface area contributed by atoms with Crippen LogP contribution >= 0.6 is 22.9 Å². The lowest BCUT2D eigenvalue weighted by Gasteiger charge is -2.07. The van der Waals surface area contributed by atoms with Crippen LogP contribution < -0.4 is 5.32 Å². The quantitative estimate of drug-likeness (QED) is 0.743. The fraction of sp³-hybridized carbons (Fsp3) is 0. The molecule has 0 aliphatic heterocycles. The van der Waals surface area contributed by atoms with Crippen LogP contribution in [0.1, 0.15) is 10.4 Å². The van der Waals surface area contributed by atoms with Gasteiger partial charge in [-0.3, -0.25) is 0 Å². The summed E-state index contributed by atoms with van der Waals surface area (Å²) in [7, 11) is 0. The number of aromatic nitrogens is 1. The number of carbonyl (C=O) groups is 1. The van der Waals surface area contributed by atoms with Crippen LogP contribution in [-0.4, -0.2) is 16.1 Å². The molecule has 3 aromatic rings. The van der Waals surface area contributed by atoms with E-state index >= 15 is 0 Å².